The molecule has 1 saturated heterocycles. The van der Waals surface area contributed by atoms with Gasteiger partial charge in [0.05, 0.1) is 22.5 Å². The molecule has 0 spiro atoms. The van der Waals surface area contributed by atoms with Crippen LogP contribution in [0.4, 0.5) is 10.1 Å². The minimum absolute atomic E-state index is 0.0292. The van der Waals surface area contributed by atoms with E-state index in [0.29, 0.717) is 23.8 Å². The molecular formula is C22H25FN4O3S. The number of sulfone groups is 1. The highest BCUT2D eigenvalue weighted by Crippen LogP contribution is 2.31. The quantitative estimate of drug-likeness (QED) is 0.595. The number of anilines is 1. The second kappa shape index (κ2) is 8.03. The van der Waals surface area contributed by atoms with Crippen LogP contribution in [0.3, 0.4) is 0 Å². The highest BCUT2D eigenvalue weighted by atomic mass is 32.2. The monoisotopic (exact) mass is 444 g/mol. The molecule has 0 aliphatic carbocycles. The van der Waals surface area contributed by atoms with Gasteiger partial charge in [0.2, 0.25) is 11.7 Å². The Hall–Kier alpha value is -2.81. The summed E-state index contributed by atoms with van der Waals surface area (Å²) in [5.74, 6) is 0.563. The van der Waals surface area contributed by atoms with Crippen molar-refractivity contribution in [1.29, 1.82) is 0 Å². The van der Waals surface area contributed by atoms with E-state index in [1.54, 1.807) is 51.2 Å². The van der Waals surface area contributed by atoms with Crippen molar-refractivity contribution in [3.05, 3.63) is 54.3 Å². The number of hydrogen-bond acceptors (Lipinski definition) is 7. The summed E-state index contributed by atoms with van der Waals surface area (Å²) in [7, 11) is -3.49. The molecule has 1 fully saturated rings. The molecule has 3 aromatic rings. The Kier molecular flexibility index (Phi) is 5.55. The summed E-state index contributed by atoms with van der Waals surface area (Å²) in [5, 5.41) is 4.09. The number of aromatic nitrogens is 3. The van der Waals surface area contributed by atoms with E-state index in [0.717, 1.165) is 25.1 Å². The van der Waals surface area contributed by atoms with Crippen LogP contribution in [0.2, 0.25) is 0 Å². The fourth-order valence-corrected chi connectivity index (χ4v) is 4.66. The molecule has 1 aromatic carbocycles. The maximum absolute atomic E-state index is 13.5. The van der Waals surface area contributed by atoms with Gasteiger partial charge in [-0.3, -0.25) is 0 Å². The molecule has 1 aliphatic rings. The van der Waals surface area contributed by atoms with Crippen molar-refractivity contribution in [3.8, 4) is 11.4 Å². The Balaban J connectivity index is 1.51. The molecular weight excluding hydrogens is 419 g/mol. The lowest BCUT2D eigenvalue weighted by Gasteiger charge is -2.32. The van der Waals surface area contributed by atoms with Crippen molar-refractivity contribution in [2.24, 2.45) is 0 Å². The van der Waals surface area contributed by atoms with E-state index in [1.165, 1.54) is 12.1 Å². The number of piperidine rings is 1. The Bertz CT molecular complexity index is 1170. The summed E-state index contributed by atoms with van der Waals surface area (Å²) in [4.78, 5) is 10.8. The third-order valence-electron chi connectivity index (χ3n) is 5.46. The van der Waals surface area contributed by atoms with E-state index in [9.17, 15) is 12.8 Å². The first kappa shape index (κ1) is 21.4. The molecule has 0 saturated carbocycles. The predicted molar refractivity (Wildman–Crippen MR) is 115 cm³/mol. The molecule has 7 nitrogen and oxygen atoms in total. The normalized spacial score (nSPS) is 17.7. The van der Waals surface area contributed by atoms with Crippen molar-refractivity contribution in [2.45, 2.75) is 49.3 Å². The summed E-state index contributed by atoms with van der Waals surface area (Å²) in [6, 6.07) is 9.45. The van der Waals surface area contributed by atoms with E-state index < -0.39 is 14.6 Å². The van der Waals surface area contributed by atoms with E-state index in [-0.39, 0.29) is 16.8 Å². The van der Waals surface area contributed by atoms with Gasteiger partial charge in [0.25, 0.3) is 0 Å². The first-order valence-corrected chi connectivity index (χ1v) is 11.7. The summed E-state index contributed by atoms with van der Waals surface area (Å²) < 4.78 is 43.2. The van der Waals surface area contributed by atoms with Crippen LogP contribution in [0.15, 0.2) is 52.1 Å². The van der Waals surface area contributed by atoms with Crippen LogP contribution in [-0.2, 0) is 9.84 Å². The molecule has 1 atom stereocenters. The van der Waals surface area contributed by atoms with Crippen LogP contribution in [0.1, 0.15) is 45.4 Å². The Morgan fingerprint density at radius 1 is 1.19 bits per heavy atom. The number of hydrogen-bond donors (Lipinski definition) is 0. The summed E-state index contributed by atoms with van der Waals surface area (Å²) in [6.45, 7) is 6.47. The van der Waals surface area contributed by atoms with Crippen molar-refractivity contribution in [2.75, 3.05) is 18.0 Å². The Morgan fingerprint density at radius 3 is 2.68 bits per heavy atom. The second-order valence-corrected chi connectivity index (χ2v) is 11.4. The van der Waals surface area contributed by atoms with Gasteiger partial charge in [-0.15, -0.1) is 0 Å². The average Bonchev–Trinajstić information content (AvgIpc) is 3.24. The minimum Gasteiger partial charge on any atom is -0.369 e. The molecule has 0 N–H and O–H groups in total. The van der Waals surface area contributed by atoms with Crippen molar-refractivity contribution in [3.63, 3.8) is 0 Å². The molecule has 0 amide bonds. The minimum atomic E-state index is -3.49. The fraction of sp³-hybridized carbons (Fsp3) is 0.409. The second-order valence-electron chi connectivity index (χ2n) is 8.72. The van der Waals surface area contributed by atoms with Crippen LogP contribution < -0.4 is 4.90 Å². The first-order chi connectivity index (χ1) is 14.6. The standard InChI is InChI=1S/C22H25FN4O3S/c1-22(2,3)31(28,29)19-10-9-18(13-24-19)27-11-5-7-16(14-27)21-25-20(26-30-21)15-6-4-8-17(23)12-15/h4,6,8-10,12-13,16H,5,7,11,14H2,1-3H3. The van der Waals surface area contributed by atoms with Gasteiger partial charge in [-0.05, 0) is 57.9 Å². The van der Waals surface area contributed by atoms with Gasteiger partial charge in [0, 0.05) is 18.7 Å². The van der Waals surface area contributed by atoms with Crippen molar-refractivity contribution < 1.29 is 17.3 Å². The zero-order valence-electron chi connectivity index (χ0n) is 17.7. The number of pyridine rings is 1. The smallest absolute Gasteiger partial charge is 0.231 e. The molecule has 1 aliphatic heterocycles. The number of nitrogens with zero attached hydrogens (tertiary/aromatic N) is 4. The summed E-state index contributed by atoms with van der Waals surface area (Å²) in [6.07, 6.45) is 3.42. The molecule has 2 aromatic heterocycles. The topological polar surface area (TPSA) is 89.2 Å². The number of halogens is 1. The van der Waals surface area contributed by atoms with Crippen LogP contribution in [0.5, 0.6) is 0 Å². The third kappa shape index (κ3) is 4.32. The lowest BCUT2D eigenvalue weighted by atomic mass is 9.97. The maximum atomic E-state index is 13.5. The summed E-state index contributed by atoms with van der Waals surface area (Å²) >= 11 is 0. The largest absolute Gasteiger partial charge is 0.369 e. The van der Waals surface area contributed by atoms with Crippen LogP contribution in [0, 0.1) is 5.82 Å². The van der Waals surface area contributed by atoms with Gasteiger partial charge in [-0.1, -0.05) is 17.3 Å². The summed E-state index contributed by atoms with van der Waals surface area (Å²) in [5.41, 5.74) is 1.42. The third-order valence-corrected chi connectivity index (χ3v) is 7.87. The van der Waals surface area contributed by atoms with Crippen LogP contribution in [-0.4, -0.2) is 41.4 Å². The highest BCUT2D eigenvalue weighted by molar-refractivity contribution is 7.92. The van der Waals surface area contributed by atoms with Gasteiger partial charge in [-0.2, -0.15) is 4.98 Å². The van der Waals surface area contributed by atoms with Crippen molar-refractivity contribution >= 4 is 15.5 Å². The molecule has 9 heteroatoms. The Labute approximate surface area is 181 Å². The van der Waals surface area contributed by atoms with E-state index in [2.05, 4.69) is 20.0 Å². The first-order valence-electron chi connectivity index (χ1n) is 10.2. The molecule has 3 heterocycles. The number of benzene rings is 1. The maximum Gasteiger partial charge on any atom is 0.231 e. The van der Waals surface area contributed by atoms with Crippen LogP contribution in [0.25, 0.3) is 11.4 Å². The highest BCUT2D eigenvalue weighted by Gasteiger charge is 2.32. The fourth-order valence-electron chi connectivity index (χ4n) is 3.59. The van der Waals surface area contributed by atoms with Gasteiger partial charge < -0.3 is 9.42 Å². The predicted octanol–water partition coefficient (Wildman–Crippen LogP) is 4.23. The van der Waals surface area contributed by atoms with E-state index in [1.807, 2.05) is 0 Å². The molecule has 0 bridgehead atoms. The molecule has 164 valence electrons. The zero-order valence-corrected chi connectivity index (χ0v) is 18.6. The SMILES string of the molecule is CC(C)(C)S(=O)(=O)c1ccc(N2CCCC(c3nc(-c4cccc(F)c4)no3)C2)cn1. The zero-order chi connectivity index (χ0) is 22.2. The molecule has 4 rings (SSSR count). The van der Waals surface area contributed by atoms with Gasteiger partial charge in [-0.25, -0.2) is 17.8 Å². The molecule has 31 heavy (non-hydrogen) atoms. The van der Waals surface area contributed by atoms with Crippen LogP contribution >= 0.6 is 0 Å². The van der Waals surface area contributed by atoms with Crippen molar-refractivity contribution in [1.82, 2.24) is 15.1 Å². The van der Waals surface area contributed by atoms with Gasteiger partial charge in [0.1, 0.15) is 5.82 Å². The molecule has 1 unspecified atom stereocenters. The Morgan fingerprint density at radius 2 is 2.00 bits per heavy atom. The molecule has 0 radical (unpaired) electrons. The lowest BCUT2D eigenvalue weighted by molar-refractivity contribution is 0.333. The average molecular weight is 445 g/mol. The van der Waals surface area contributed by atoms with E-state index in [4.69, 9.17) is 4.52 Å². The van der Waals surface area contributed by atoms with E-state index >= 15 is 0 Å². The lowest BCUT2D eigenvalue weighted by Crippen LogP contribution is -2.34. The van der Waals surface area contributed by atoms with Gasteiger partial charge in [0.15, 0.2) is 14.9 Å². The van der Waals surface area contributed by atoms with Gasteiger partial charge >= 0.3 is 0 Å². The number of rotatable bonds is 4.